The van der Waals surface area contributed by atoms with E-state index in [1.807, 2.05) is 65.1 Å². The van der Waals surface area contributed by atoms with E-state index in [0.717, 1.165) is 16.6 Å². The molecule has 3 aromatic heterocycles. The van der Waals surface area contributed by atoms with Crippen molar-refractivity contribution in [3.05, 3.63) is 94.0 Å². The highest BCUT2D eigenvalue weighted by atomic mass is 35.5. The van der Waals surface area contributed by atoms with Gasteiger partial charge < -0.3 is 0 Å². The molecule has 0 spiro atoms. The Balaban J connectivity index is 1.86. The molecule has 7 heteroatoms. The molecule has 0 bridgehead atoms. The predicted molar refractivity (Wildman–Crippen MR) is 109 cm³/mol. The smallest absolute Gasteiger partial charge is 0.263 e. The van der Waals surface area contributed by atoms with Crippen LogP contribution in [0.15, 0.2) is 77.9 Å². The van der Waals surface area contributed by atoms with E-state index in [1.54, 1.807) is 17.0 Å². The highest BCUT2D eigenvalue weighted by Gasteiger charge is 2.18. The molecule has 28 heavy (non-hydrogen) atoms. The molecule has 5 aromatic rings. The molecule has 0 atom stereocenters. The van der Waals surface area contributed by atoms with Crippen LogP contribution < -0.4 is 5.56 Å². The van der Waals surface area contributed by atoms with Crippen molar-refractivity contribution in [2.24, 2.45) is 0 Å². The summed E-state index contributed by atoms with van der Waals surface area (Å²) in [6, 6.07) is 18.7. The molecule has 0 fully saturated rings. The lowest BCUT2D eigenvalue weighted by Crippen LogP contribution is -2.24. The van der Waals surface area contributed by atoms with E-state index in [1.165, 1.54) is 0 Å². The van der Waals surface area contributed by atoms with Gasteiger partial charge in [-0.05, 0) is 35.9 Å². The third-order valence-electron chi connectivity index (χ3n) is 4.73. The Bertz CT molecular complexity index is 1370. The van der Waals surface area contributed by atoms with Crippen LogP contribution in [0.4, 0.5) is 0 Å². The van der Waals surface area contributed by atoms with Gasteiger partial charge >= 0.3 is 0 Å². The van der Waals surface area contributed by atoms with Crippen LogP contribution >= 0.6 is 11.6 Å². The molecule has 0 amide bonds. The molecule has 0 aliphatic rings. The number of nitrogens with zero attached hydrogens (tertiary/aromatic N) is 5. The van der Waals surface area contributed by atoms with E-state index in [-0.39, 0.29) is 5.56 Å². The summed E-state index contributed by atoms with van der Waals surface area (Å²) in [5, 5.41) is 9.92. The minimum absolute atomic E-state index is 0.128. The average molecular weight is 388 g/mol. The van der Waals surface area contributed by atoms with E-state index < -0.39 is 0 Å². The van der Waals surface area contributed by atoms with Crippen LogP contribution in [0.1, 0.15) is 5.56 Å². The van der Waals surface area contributed by atoms with Crippen molar-refractivity contribution in [1.29, 1.82) is 0 Å². The van der Waals surface area contributed by atoms with Crippen LogP contribution in [0, 0.1) is 0 Å². The second kappa shape index (κ2) is 6.58. The van der Waals surface area contributed by atoms with Crippen molar-refractivity contribution < 1.29 is 0 Å². The molecular weight excluding hydrogens is 374 g/mol. The Hall–Kier alpha value is -3.51. The summed E-state index contributed by atoms with van der Waals surface area (Å²) in [6.07, 6.45) is 3.41. The van der Waals surface area contributed by atoms with Gasteiger partial charge in [0.2, 0.25) is 5.78 Å². The van der Waals surface area contributed by atoms with Crippen LogP contribution in [0.2, 0.25) is 5.02 Å². The van der Waals surface area contributed by atoms with Crippen LogP contribution in [-0.4, -0.2) is 24.1 Å². The normalized spacial score (nSPS) is 11.3. The first-order valence-corrected chi connectivity index (χ1v) is 9.12. The van der Waals surface area contributed by atoms with Crippen molar-refractivity contribution in [2.75, 3.05) is 0 Å². The largest absolute Gasteiger partial charge is 0.272 e. The third kappa shape index (κ3) is 2.58. The summed E-state index contributed by atoms with van der Waals surface area (Å²) >= 11 is 6.33. The second-order valence-electron chi connectivity index (χ2n) is 6.39. The molecule has 2 aromatic carbocycles. The summed E-state index contributed by atoms with van der Waals surface area (Å²) in [5.41, 5.74) is 2.35. The molecule has 0 aliphatic heterocycles. The van der Waals surface area contributed by atoms with Gasteiger partial charge in [0.25, 0.3) is 5.56 Å². The van der Waals surface area contributed by atoms with Gasteiger partial charge in [0.1, 0.15) is 0 Å². The number of benzene rings is 2. The lowest BCUT2D eigenvalue weighted by Gasteiger charge is -2.12. The van der Waals surface area contributed by atoms with Gasteiger partial charge in [0, 0.05) is 23.0 Å². The van der Waals surface area contributed by atoms with E-state index in [0.29, 0.717) is 28.6 Å². The first-order chi connectivity index (χ1) is 13.7. The summed E-state index contributed by atoms with van der Waals surface area (Å²) in [6.45, 7) is 0.307. The minimum Gasteiger partial charge on any atom is -0.272 e. The number of rotatable bonds is 3. The average Bonchev–Trinajstić information content (AvgIpc) is 3.18. The van der Waals surface area contributed by atoms with Gasteiger partial charge in [0.15, 0.2) is 5.82 Å². The summed E-state index contributed by atoms with van der Waals surface area (Å²) in [7, 11) is 0. The van der Waals surface area contributed by atoms with Gasteiger partial charge in [0.05, 0.1) is 17.4 Å². The topological polar surface area (TPSA) is 65.1 Å². The maximum Gasteiger partial charge on any atom is 0.263 e. The van der Waals surface area contributed by atoms with Crippen molar-refractivity contribution in [3.8, 4) is 11.4 Å². The van der Waals surface area contributed by atoms with Crippen molar-refractivity contribution in [2.45, 2.75) is 6.54 Å². The lowest BCUT2D eigenvalue weighted by atomic mass is 10.2. The second-order valence-corrected chi connectivity index (χ2v) is 6.80. The zero-order valence-electron chi connectivity index (χ0n) is 14.7. The van der Waals surface area contributed by atoms with Crippen LogP contribution in [0.3, 0.4) is 0 Å². The number of pyridine rings is 1. The van der Waals surface area contributed by atoms with Crippen LogP contribution in [0.5, 0.6) is 0 Å². The first kappa shape index (κ1) is 16.6. The summed E-state index contributed by atoms with van der Waals surface area (Å²) < 4.78 is 3.52. The highest BCUT2D eigenvalue weighted by molar-refractivity contribution is 6.31. The van der Waals surface area contributed by atoms with E-state index >= 15 is 0 Å². The fourth-order valence-electron chi connectivity index (χ4n) is 3.39. The highest BCUT2D eigenvalue weighted by Crippen LogP contribution is 2.23. The number of aromatic nitrogens is 5. The zero-order chi connectivity index (χ0) is 19.1. The van der Waals surface area contributed by atoms with Gasteiger partial charge in [-0.3, -0.25) is 18.7 Å². The Labute approximate surface area is 164 Å². The molecule has 136 valence electrons. The Morgan fingerprint density at radius 2 is 1.64 bits per heavy atom. The maximum atomic E-state index is 13.2. The maximum absolute atomic E-state index is 13.2. The van der Waals surface area contributed by atoms with Gasteiger partial charge in [-0.15, -0.1) is 10.2 Å². The number of fused-ring (bicyclic) bond motifs is 3. The predicted octanol–water partition coefficient (Wildman–Crippen LogP) is 3.81. The molecule has 0 saturated heterocycles. The standard InChI is InChI=1S/C21H14ClN5O/c22-17-7-3-1-5-15(17)13-26-20(28)16-6-2-4-8-18(16)27-19(24-25-21(26)27)14-9-11-23-12-10-14/h1-12H,13H2. The number of para-hydroxylation sites is 1. The Morgan fingerprint density at radius 1 is 0.893 bits per heavy atom. The third-order valence-corrected chi connectivity index (χ3v) is 5.10. The monoisotopic (exact) mass is 387 g/mol. The molecule has 0 saturated carbocycles. The van der Waals surface area contributed by atoms with E-state index in [2.05, 4.69) is 15.2 Å². The van der Waals surface area contributed by atoms with Gasteiger partial charge in [-0.25, -0.2) is 0 Å². The van der Waals surface area contributed by atoms with Crippen LogP contribution in [-0.2, 0) is 6.54 Å². The minimum atomic E-state index is -0.128. The molecule has 0 unspecified atom stereocenters. The lowest BCUT2D eigenvalue weighted by molar-refractivity contribution is 0.767. The number of hydrogen-bond acceptors (Lipinski definition) is 4. The molecule has 3 heterocycles. The number of halogens is 1. The quantitative estimate of drug-likeness (QED) is 0.472. The van der Waals surface area contributed by atoms with E-state index in [4.69, 9.17) is 11.6 Å². The summed E-state index contributed by atoms with van der Waals surface area (Å²) in [5.74, 6) is 1.12. The van der Waals surface area contributed by atoms with Gasteiger partial charge in [-0.1, -0.05) is 41.9 Å². The fraction of sp³-hybridized carbons (Fsp3) is 0.0476. The molecule has 0 radical (unpaired) electrons. The van der Waals surface area contributed by atoms with Crippen molar-refractivity contribution >= 4 is 28.3 Å². The number of hydrogen-bond donors (Lipinski definition) is 0. The van der Waals surface area contributed by atoms with Crippen molar-refractivity contribution in [3.63, 3.8) is 0 Å². The zero-order valence-corrected chi connectivity index (χ0v) is 15.4. The molecule has 0 aliphatic carbocycles. The molecule has 6 nitrogen and oxygen atoms in total. The van der Waals surface area contributed by atoms with Crippen molar-refractivity contribution in [1.82, 2.24) is 24.1 Å². The Kier molecular flexibility index (Phi) is 3.91. The van der Waals surface area contributed by atoms with Gasteiger partial charge in [-0.2, -0.15) is 0 Å². The van der Waals surface area contributed by atoms with Crippen LogP contribution in [0.25, 0.3) is 28.1 Å². The first-order valence-electron chi connectivity index (χ1n) is 8.74. The SMILES string of the molecule is O=c1c2ccccc2n2c(-c3ccncc3)nnc2n1Cc1ccccc1Cl. The molecule has 5 rings (SSSR count). The fourth-order valence-corrected chi connectivity index (χ4v) is 3.58. The molecular formula is C21H14ClN5O. The molecule has 0 N–H and O–H groups in total. The van der Waals surface area contributed by atoms with E-state index in [9.17, 15) is 4.79 Å². The Morgan fingerprint density at radius 3 is 2.46 bits per heavy atom. The summed E-state index contributed by atoms with van der Waals surface area (Å²) in [4.78, 5) is 17.3.